The lowest BCUT2D eigenvalue weighted by molar-refractivity contribution is -0.00708. The Morgan fingerprint density at radius 2 is 1.82 bits per heavy atom. The lowest BCUT2D eigenvalue weighted by Crippen LogP contribution is -2.33. The lowest BCUT2D eigenvalue weighted by Gasteiger charge is -2.21. The van der Waals surface area contributed by atoms with Crippen LogP contribution in [0.2, 0.25) is 0 Å². The molecule has 0 fully saturated rings. The highest BCUT2D eigenvalue weighted by Crippen LogP contribution is 2.66. The number of H-pyrrole nitrogens is 1. The van der Waals surface area contributed by atoms with Gasteiger partial charge in [0.25, 0.3) is 5.56 Å². The zero-order chi connectivity index (χ0) is 21.3. The van der Waals surface area contributed by atoms with Gasteiger partial charge in [0.2, 0.25) is 0 Å². The van der Waals surface area contributed by atoms with E-state index in [2.05, 4.69) is 9.29 Å². The predicted molar refractivity (Wildman–Crippen MR) is 92.7 cm³/mol. The van der Waals surface area contributed by atoms with Crippen molar-refractivity contribution in [3.8, 4) is 0 Å². The first-order chi connectivity index (χ1) is 12.7. The molecule has 1 aromatic heterocycles. The standard InChI is InChI=1S/C11H17N2O12P3/c1-7-4-13(11(15)12-10(7)14)9-3-2-8(24-9)5-23-27(19,6-26(16,17)18)25-28(20,21)22/h2-4,8-9H,5-6H2,1H3,(H,12,14,15)(H2,16,17,18)(H2,20,21,22)/t8-,9+,27?/m0/s1. The van der Waals surface area contributed by atoms with E-state index >= 15 is 0 Å². The largest absolute Gasteiger partial charge is 0.476 e. The molecule has 0 aromatic carbocycles. The third-order valence-corrected chi connectivity index (χ3v) is 8.50. The van der Waals surface area contributed by atoms with Crippen molar-refractivity contribution in [2.75, 3.05) is 12.5 Å². The Morgan fingerprint density at radius 1 is 1.18 bits per heavy atom. The number of nitrogens with zero attached hydrogens (tertiary/aromatic N) is 1. The Hall–Kier alpha value is -1.17. The Kier molecular flexibility index (Phi) is 6.84. The summed E-state index contributed by atoms with van der Waals surface area (Å²) in [6.45, 7) is 0.813. The highest BCUT2D eigenvalue weighted by atomic mass is 31.3. The third-order valence-electron chi connectivity index (χ3n) is 3.25. The molecule has 28 heavy (non-hydrogen) atoms. The van der Waals surface area contributed by atoms with Gasteiger partial charge >= 0.3 is 28.7 Å². The molecule has 1 aromatic rings. The molecule has 0 spiro atoms. The maximum Gasteiger partial charge on any atom is 0.476 e. The first-order valence-electron chi connectivity index (χ1n) is 7.38. The Balaban J connectivity index is 2.09. The number of aromatic nitrogens is 2. The molecule has 2 heterocycles. The second kappa shape index (κ2) is 8.29. The first-order valence-corrected chi connectivity index (χ1v) is 12.4. The van der Waals surface area contributed by atoms with Crippen molar-refractivity contribution in [3.63, 3.8) is 0 Å². The minimum absolute atomic E-state index is 0.234. The zero-order valence-electron chi connectivity index (χ0n) is 14.1. The van der Waals surface area contributed by atoms with E-state index in [1.54, 1.807) is 0 Å². The van der Waals surface area contributed by atoms with Gasteiger partial charge in [-0.2, -0.15) is 0 Å². The molecule has 2 rings (SSSR count). The van der Waals surface area contributed by atoms with Gasteiger partial charge in [-0.15, -0.1) is 0 Å². The van der Waals surface area contributed by atoms with E-state index in [4.69, 9.17) is 28.8 Å². The Labute approximate surface area is 156 Å². The van der Waals surface area contributed by atoms with E-state index in [1.807, 2.05) is 0 Å². The van der Waals surface area contributed by atoms with Crippen molar-refractivity contribution in [3.05, 3.63) is 44.8 Å². The summed E-state index contributed by atoms with van der Waals surface area (Å²) < 4.78 is 49.4. The topological polar surface area (TPSA) is 215 Å². The molecule has 0 aliphatic carbocycles. The minimum atomic E-state index is -5.38. The molecule has 0 bridgehead atoms. The summed E-state index contributed by atoms with van der Waals surface area (Å²) in [5.41, 5.74) is -1.10. The van der Waals surface area contributed by atoms with E-state index in [-0.39, 0.29) is 5.56 Å². The molecule has 17 heteroatoms. The minimum Gasteiger partial charge on any atom is -0.344 e. The quantitative estimate of drug-likeness (QED) is 0.250. The van der Waals surface area contributed by atoms with Crippen LogP contribution < -0.4 is 11.2 Å². The normalized spacial score (nSPS) is 22.3. The van der Waals surface area contributed by atoms with E-state index in [0.717, 1.165) is 4.57 Å². The summed E-state index contributed by atoms with van der Waals surface area (Å²) >= 11 is 0. The maximum absolute atomic E-state index is 12.3. The van der Waals surface area contributed by atoms with Crippen LogP contribution in [-0.4, -0.2) is 47.7 Å². The summed E-state index contributed by atoms with van der Waals surface area (Å²) in [4.78, 5) is 60.7. The van der Waals surface area contributed by atoms with Gasteiger partial charge in [-0.25, -0.2) is 13.7 Å². The Morgan fingerprint density at radius 3 is 2.39 bits per heavy atom. The number of aromatic amines is 1. The Bertz CT molecular complexity index is 988. The average molecular weight is 462 g/mol. The fourth-order valence-electron chi connectivity index (χ4n) is 2.18. The van der Waals surface area contributed by atoms with Crippen molar-refractivity contribution in [1.29, 1.82) is 0 Å². The molecule has 3 atom stereocenters. The van der Waals surface area contributed by atoms with Gasteiger partial charge in [-0.1, -0.05) is 6.08 Å². The highest BCUT2D eigenvalue weighted by Gasteiger charge is 2.41. The van der Waals surface area contributed by atoms with Crippen molar-refractivity contribution in [2.24, 2.45) is 0 Å². The number of rotatable bonds is 8. The number of phosphoric acid groups is 1. The number of hydrogen-bond donors (Lipinski definition) is 5. The maximum atomic E-state index is 12.3. The van der Waals surface area contributed by atoms with Crippen molar-refractivity contribution in [2.45, 2.75) is 19.3 Å². The number of nitrogens with one attached hydrogen (secondary N) is 1. The van der Waals surface area contributed by atoms with Gasteiger partial charge < -0.3 is 28.8 Å². The van der Waals surface area contributed by atoms with Crippen LogP contribution in [0.1, 0.15) is 11.8 Å². The van der Waals surface area contributed by atoms with Crippen LogP contribution in [-0.2, 0) is 27.3 Å². The monoisotopic (exact) mass is 462 g/mol. The summed E-state index contributed by atoms with van der Waals surface area (Å²) in [6, 6.07) is 0. The molecule has 14 nitrogen and oxygen atoms in total. The van der Waals surface area contributed by atoms with E-state index in [9.17, 15) is 23.3 Å². The molecule has 0 saturated heterocycles. The number of ether oxygens (including phenoxy) is 1. The van der Waals surface area contributed by atoms with Gasteiger partial charge in [0, 0.05) is 11.8 Å². The molecule has 158 valence electrons. The SMILES string of the molecule is Cc1cn([C@H]2C=C[C@@H](COP(=O)(CP(=O)(O)O)OP(=O)(O)O)O2)c(=O)[nH]c1=O. The fraction of sp³-hybridized carbons (Fsp3) is 0.455. The highest BCUT2D eigenvalue weighted by molar-refractivity contribution is 7.74. The van der Waals surface area contributed by atoms with Crippen LogP contribution in [0.3, 0.4) is 0 Å². The van der Waals surface area contributed by atoms with Gasteiger partial charge in [0.1, 0.15) is 6.10 Å². The molecule has 0 radical (unpaired) electrons. The molecule has 5 N–H and O–H groups in total. The lowest BCUT2D eigenvalue weighted by atomic mass is 10.3. The smallest absolute Gasteiger partial charge is 0.344 e. The first kappa shape index (κ1) is 23.1. The molecule has 0 amide bonds. The van der Waals surface area contributed by atoms with Crippen LogP contribution in [0, 0.1) is 6.92 Å². The molecule has 1 aliphatic heterocycles. The summed E-state index contributed by atoms with van der Waals surface area (Å²) in [5.74, 6) is -1.55. The van der Waals surface area contributed by atoms with Crippen molar-refractivity contribution < 1.29 is 46.8 Å². The molecule has 1 unspecified atom stereocenters. The number of aryl methyl sites for hydroxylation is 1. The second-order valence-electron chi connectivity index (χ2n) is 5.71. The average Bonchev–Trinajstić information content (AvgIpc) is 2.94. The van der Waals surface area contributed by atoms with Crippen LogP contribution in [0.4, 0.5) is 0 Å². The van der Waals surface area contributed by atoms with E-state index in [1.165, 1.54) is 25.3 Å². The fourth-order valence-corrected chi connectivity index (χ4v) is 6.84. The molecule has 0 saturated carbocycles. The van der Waals surface area contributed by atoms with Crippen LogP contribution in [0.5, 0.6) is 0 Å². The summed E-state index contributed by atoms with van der Waals surface area (Å²) in [7, 11) is -15.3. The van der Waals surface area contributed by atoms with Crippen LogP contribution in [0.25, 0.3) is 0 Å². The zero-order valence-corrected chi connectivity index (χ0v) is 16.8. The summed E-state index contributed by atoms with van der Waals surface area (Å²) in [5, 5.41) is 0. The summed E-state index contributed by atoms with van der Waals surface area (Å²) in [6.07, 6.45) is 2.03. The van der Waals surface area contributed by atoms with E-state index < -0.39 is 59.1 Å². The van der Waals surface area contributed by atoms with E-state index in [0.29, 0.717) is 0 Å². The van der Waals surface area contributed by atoms with Gasteiger partial charge in [0.15, 0.2) is 12.1 Å². The van der Waals surface area contributed by atoms with Gasteiger partial charge in [-0.05, 0) is 13.0 Å². The van der Waals surface area contributed by atoms with Crippen LogP contribution in [0.15, 0.2) is 27.9 Å². The predicted octanol–water partition coefficient (Wildman–Crippen LogP) is -0.247. The van der Waals surface area contributed by atoms with Crippen LogP contribution >= 0.6 is 23.0 Å². The molecular formula is C11H17N2O12P3. The molecular weight excluding hydrogens is 445 g/mol. The molecule has 1 aliphatic rings. The number of hydrogen-bond acceptors (Lipinski definition) is 8. The van der Waals surface area contributed by atoms with Crippen molar-refractivity contribution in [1.82, 2.24) is 9.55 Å². The van der Waals surface area contributed by atoms with Gasteiger partial charge in [0.05, 0.1) is 6.61 Å². The van der Waals surface area contributed by atoms with Crippen molar-refractivity contribution >= 4 is 23.0 Å². The third kappa shape index (κ3) is 6.71. The second-order valence-corrected chi connectivity index (χ2v) is 11.3. The van der Waals surface area contributed by atoms with Gasteiger partial charge in [-0.3, -0.25) is 23.5 Å².